The van der Waals surface area contributed by atoms with Gasteiger partial charge in [-0.3, -0.25) is 19.4 Å². The summed E-state index contributed by atoms with van der Waals surface area (Å²) < 4.78 is 1.75. The molecule has 2 amide bonds. The Bertz CT molecular complexity index is 1050. The van der Waals surface area contributed by atoms with E-state index < -0.39 is 0 Å². The van der Waals surface area contributed by atoms with Crippen molar-refractivity contribution >= 4 is 40.8 Å². The standard InChI is InChI=1S/C19H17ClN4O2S/c1-11-4-3-9-23-16(12(2)21-17(11)23)18(26)22-24-15(25)10-27-19(24)13-5-7-14(20)8-6-13/h3-9,19H,10H2,1-2H3,(H,22,26)/t19-/m0/s1. The maximum atomic E-state index is 13.0. The number of aromatic nitrogens is 2. The predicted octanol–water partition coefficient (Wildman–Crippen LogP) is 3.52. The second-order valence-corrected chi connectivity index (χ2v) is 7.86. The van der Waals surface area contributed by atoms with E-state index in [0.717, 1.165) is 16.8 Å². The number of imidazole rings is 1. The van der Waals surface area contributed by atoms with Crippen LogP contribution in [0.5, 0.6) is 0 Å². The average Bonchev–Trinajstić information content (AvgIpc) is 3.17. The minimum absolute atomic E-state index is 0.143. The minimum Gasteiger partial charge on any atom is -0.295 e. The smallest absolute Gasteiger partial charge is 0.288 e. The average molecular weight is 401 g/mol. The Kier molecular flexibility index (Phi) is 4.57. The van der Waals surface area contributed by atoms with Crippen molar-refractivity contribution in [3.8, 4) is 0 Å². The van der Waals surface area contributed by atoms with Crippen LogP contribution in [0, 0.1) is 13.8 Å². The Balaban J connectivity index is 1.65. The number of aryl methyl sites for hydroxylation is 2. The molecule has 1 fully saturated rings. The number of hydrogen-bond acceptors (Lipinski definition) is 4. The van der Waals surface area contributed by atoms with Crippen LogP contribution in [0.15, 0.2) is 42.6 Å². The molecule has 0 unspecified atom stereocenters. The maximum absolute atomic E-state index is 13.0. The Morgan fingerprint density at radius 2 is 2.00 bits per heavy atom. The summed E-state index contributed by atoms with van der Waals surface area (Å²) in [5, 5.41) is 1.73. The van der Waals surface area contributed by atoms with Gasteiger partial charge in [-0.2, -0.15) is 0 Å². The van der Waals surface area contributed by atoms with Gasteiger partial charge in [0, 0.05) is 11.2 Å². The van der Waals surface area contributed by atoms with Gasteiger partial charge in [0.1, 0.15) is 16.7 Å². The first-order valence-electron chi connectivity index (χ1n) is 8.40. The molecule has 0 spiro atoms. The molecular weight excluding hydrogens is 384 g/mol. The van der Waals surface area contributed by atoms with Crippen molar-refractivity contribution in [2.45, 2.75) is 19.2 Å². The van der Waals surface area contributed by atoms with E-state index in [9.17, 15) is 9.59 Å². The summed E-state index contributed by atoms with van der Waals surface area (Å²) in [6.45, 7) is 3.74. The minimum atomic E-state index is -0.361. The van der Waals surface area contributed by atoms with Gasteiger partial charge in [-0.1, -0.05) is 29.8 Å². The molecule has 1 aromatic carbocycles. The Hall–Kier alpha value is -2.51. The first-order valence-corrected chi connectivity index (χ1v) is 9.83. The van der Waals surface area contributed by atoms with Crippen LogP contribution in [-0.2, 0) is 4.79 Å². The lowest BCUT2D eigenvalue weighted by molar-refractivity contribution is -0.130. The van der Waals surface area contributed by atoms with E-state index in [2.05, 4.69) is 10.4 Å². The summed E-state index contributed by atoms with van der Waals surface area (Å²) in [7, 11) is 0. The monoisotopic (exact) mass is 400 g/mol. The van der Waals surface area contributed by atoms with Crippen LogP contribution < -0.4 is 5.43 Å². The summed E-state index contributed by atoms with van der Waals surface area (Å²) in [6.07, 6.45) is 1.80. The number of nitrogens with zero attached hydrogens (tertiary/aromatic N) is 3. The zero-order valence-corrected chi connectivity index (χ0v) is 16.3. The molecule has 0 aliphatic carbocycles. The molecule has 6 nitrogen and oxygen atoms in total. The van der Waals surface area contributed by atoms with Crippen LogP contribution in [0.3, 0.4) is 0 Å². The third kappa shape index (κ3) is 3.17. The number of carbonyl (C=O) groups is 2. The number of thioether (sulfide) groups is 1. The summed E-state index contributed by atoms with van der Waals surface area (Å²) in [5.41, 5.74) is 6.43. The van der Waals surface area contributed by atoms with E-state index in [0.29, 0.717) is 22.2 Å². The highest BCUT2D eigenvalue weighted by atomic mass is 35.5. The van der Waals surface area contributed by atoms with Gasteiger partial charge in [-0.05, 0) is 43.2 Å². The molecule has 8 heteroatoms. The second-order valence-electron chi connectivity index (χ2n) is 6.35. The Labute approximate surface area is 165 Å². The number of rotatable bonds is 3. The third-order valence-corrected chi connectivity index (χ3v) is 5.94. The van der Waals surface area contributed by atoms with Gasteiger partial charge >= 0.3 is 0 Å². The first-order chi connectivity index (χ1) is 13.0. The summed E-state index contributed by atoms with van der Waals surface area (Å²) >= 11 is 7.42. The van der Waals surface area contributed by atoms with E-state index in [1.807, 2.05) is 31.2 Å². The molecule has 2 aromatic heterocycles. The number of benzene rings is 1. The van der Waals surface area contributed by atoms with E-state index in [-0.39, 0.29) is 17.2 Å². The number of pyridine rings is 1. The van der Waals surface area contributed by atoms with E-state index >= 15 is 0 Å². The van der Waals surface area contributed by atoms with Crippen LogP contribution >= 0.6 is 23.4 Å². The van der Waals surface area contributed by atoms with Gasteiger partial charge in [0.05, 0.1) is 11.4 Å². The van der Waals surface area contributed by atoms with Crippen LogP contribution in [0.4, 0.5) is 0 Å². The van der Waals surface area contributed by atoms with Crippen molar-refractivity contribution in [3.63, 3.8) is 0 Å². The fourth-order valence-electron chi connectivity index (χ4n) is 3.17. The molecule has 138 valence electrons. The van der Waals surface area contributed by atoms with Gasteiger partial charge in [0.2, 0.25) is 0 Å². The summed E-state index contributed by atoms with van der Waals surface area (Å²) in [5.74, 6) is -0.199. The number of nitrogens with one attached hydrogen (secondary N) is 1. The summed E-state index contributed by atoms with van der Waals surface area (Å²) in [6, 6.07) is 11.1. The van der Waals surface area contributed by atoms with Gasteiger partial charge in [-0.15, -0.1) is 11.8 Å². The van der Waals surface area contributed by atoms with Crippen LogP contribution in [0.25, 0.3) is 5.65 Å². The lowest BCUT2D eigenvalue weighted by Crippen LogP contribution is -2.45. The fraction of sp³-hybridized carbons (Fsp3) is 0.211. The molecule has 3 aromatic rings. The molecule has 1 aliphatic heterocycles. The van der Waals surface area contributed by atoms with Crippen molar-refractivity contribution in [1.29, 1.82) is 0 Å². The number of amides is 2. The predicted molar refractivity (Wildman–Crippen MR) is 106 cm³/mol. The number of carbonyl (C=O) groups excluding carboxylic acids is 2. The molecule has 0 radical (unpaired) electrons. The molecular formula is C19H17ClN4O2S. The van der Waals surface area contributed by atoms with Crippen LogP contribution in [0.2, 0.25) is 5.02 Å². The summed E-state index contributed by atoms with van der Waals surface area (Å²) in [4.78, 5) is 29.9. The van der Waals surface area contributed by atoms with Gasteiger partial charge in [-0.25, -0.2) is 9.99 Å². The highest BCUT2D eigenvalue weighted by Gasteiger charge is 2.35. The molecule has 3 heterocycles. The Morgan fingerprint density at radius 3 is 2.74 bits per heavy atom. The van der Waals surface area contributed by atoms with Crippen molar-refractivity contribution in [3.05, 3.63) is 70.1 Å². The first kappa shape index (κ1) is 17.9. The molecule has 1 aliphatic rings. The van der Waals surface area contributed by atoms with Crippen LogP contribution in [0.1, 0.15) is 32.7 Å². The largest absolute Gasteiger partial charge is 0.295 e. The topological polar surface area (TPSA) is 66.7 Å². The molecule has 0 saturated carbocycles. The lowest BCUT2D eigenvalue weighted by atomic mass is 10.2. The Morgan fingerprint density at radius 1 is 1.26 bits per heavy atom. The van der Waals surface area contributed by atoms with Crippen molar-refractivity contribution in [2.24, 2.45) is 0 Å². The van der Waals surface area contributed by atoms with E-state index in [4.69, 9.17) is 11.6 Å². The van der Waals surface area contributed by atoms with E-state index in [1.54, 1.807) is 29.7 Å². The third-order valence-electron chi connectivity index (χ3n) is 4.48. The molecule has 1 N–H and O–H groups in total. The molecule has 4 rings (SSSR count). The molecule has 1 atom stereocenters. The molecule has 27 heavy (non-hydrogen) atoms. The number of hydrogen-bond donors (Lipinski definition) is 1. The van der Waals surface area contributed by atoms with Crippen LogP contribution in [-0.4, -0.2) is 32.0 Å². The highest BCUT2D eigenvalue weighted by molar-refractivity contribution is 8.00. The van der Waals surface area contributed by atoms with Gasteiger partial charge in [0.25, 0.3) is 11.8 Å². The quantitative estimate of drug-likeness (QED) is 0.730. The fourth-order valence-corrected chi connectivity index (χ4v) is 4.41. The second kappa shape index (κ2) is 6.90. The highest BCUT2D eigenvalue weighted by Crippen LogP contribution is 2.37. The van der Waals surface area contributed by atoms with Crippen molar-refractivity contribution < 1.29 is 9.59 Å². The van der Waals surface area contributed by atoms with Gasteiger partial charge in [0.15, 0.2) is 0 Å². The lowest BCUT2D eigenvalue weighted by Gasteiger charge is -2.24. The zero-order chi connectivity index (χ0) is 19.1. The van der Waals surface area contributed by atoms with Gasteiger partial charge < -0.3 is 0 Å². The molecule has 1 saturated heterocycles. The SMILES string of the molecule is Cc1nc2c(C)cccn2c1C(=O)NN1C(=O)CS[C@H]1c1ccc(Cl)cc1. The maximum Gasteiger partial charge on any atom is 0.288 e. The molecule has 0 bridgehead atoms. The van der Waals surface area contributed by atoms with Crippen molar-refractivity contribution in [1.82, 2.24) is 19.8 Å². The number of halogens is 1. The zero-order valence-electron chi connectivity index (χ0n) is 14.8. The van der Waals surface area contributed by atoms with E-state index in [1.165, 1.54) is 16.8 Å². The van der Waals surface area contributed by atoms with Crippen molar-refractivity contribution in [2.75, 3.05) is 5.75 Å². The number of hydrazine groups is 1. The normalized spacial score (nSPS) is 16.9. The number of fused-ring (bicyclic) bond motifs is 1.